The number of carbonyl (C=O) groups excluding carboxylic acids is 4. The molecular formula is C36H38ClN5O4. The largest absolute Gasteiger partial charge is 0.368 e. The molecule has 1 aliphatic rings. The first-order valence-corrected chi connectivity index (χ1v) is 15.7. The standard InChI is InChI=1S/C36H38ClN5O4/c1-22-17-18-41(31(34(39)44)21-26-9-5-8-25-7-3-4-12-30(25)26)36(46)33(27-10-6-11-28(37)20-27)42(22)32(43)19-24-13-15-29(16-14-24)40-35(45)23(2)38/h3-16,20,22-23,31,33H,17-19,21,38H2,1-2H3,(H2,39,44)(H,40,45)/t22-,23?,31-,33+/m1/s1. The fourth-order valence-electron chi connectivity index (χ4n) is 6.06. The molecule has 1 fully saturated rings. The monoisotopic (exact) mass is 639 g/mol. The molecule has 4 atom stereocenters. The van der Waals surface area contributed by atoms with Crippen molar-refractivity contribution in [3.63, 3.8) is 0 Å². The summed E-state index contributed by atoms with van der Waals surface area (Å²) >= 11 is 6.39. The highest BCUT2D eigenvalue weighted by molar-refractivity contribution is 6.30. The maximum Gasteiger partial charge on any atom is 0.250 e. The van der Waals surface area contributed by atoms with E-state index in [0.29, 0.717) is 28.3 Å². The summed E-state index contributed by atoms with van der Waals surface area (Å²) < 4.78 is 0. The van der Waals surface area contributed by atoms with Crippen LogP contribution in [0.15, 0.2) is 91.0 Å². The summed E-state index contributed by atoms with van der Waals surface area (Å²) in [6.45, 7) is 3.74. The van der Waals surface area contributed by atoms with Crippen molar-refractivity contribution in [1.29, 1.82) is 0 Å². The van der Waals surface area contributed by atoms with Gasteiger partial charge in [-0.05, 0) is 72.0 Å². The van der Waals surface area contributed by atoms with Gasteiger partial charge in [0.2, 0.25) is 17.7 Å². The molecule has 1 saturated heterocycles. The number of halogens is 1. The van der Waals surface area contributed by atoms with Crippen LogP contribution in [0.2, 0.25) is 5.02 Å². The lowest BCUT2D eigenvalue weighted by Gasteiger charge is -2.36. The highest BCUT2D eigenvalue weighted by Gasteiger charge is 2.43. The fraction of sp³-hybridized carbons (Fsp3) is 0.278. The van der Waals surface area contributed by atoms with Crippen molar-refractivity contribution < 1.29 is 19.2 Å². The summed E-state index contributed by atoms with van der Waals surface area (Å²) in [4.78, 5) is 56.9. The van der Waals surface area contributed by atoms with E-state index in [0.717, 1.165) is 16.3 Å². The Labute approximate surface area is 273 Å². The number of nitrogens with two attached hydrogens (primary N) is 2. The lowest BCUT2D eigenvalue weighted by atomic mass is 9.96. The van der Waals surface area contributed by atoms with Gasteiger partial charge in [0.25, 0.3) is 5.91 Å². The minimum absolute atomic E-state index is 0.0193. The van der Waals surface area contributed by atoms with E-state index >= 15 is 0 Å². The maximum absolute atomic E-state index is 14.6. The van der Waals surface area contributed by atoms with Gasteiger partial charge in [-0.1, -0.05) is 78.3 Å². The van der Waals surface area contributed by atoms with Crippen LogP contribution in [0.25, 0.3) is 10.8 Å². The molecule has 10 heteroatoms. The summed E-state index contributed by atoms with van der Waals surface area (Å²) in [5.41, 5.74) is 14.4. The van der Waals surface area contributed by atoms with E-state index in [1.54, 1.807) is 60.4 Å². The Hall–Kier alpha value is -4.73. The highest BCUT2D eigenvalue weighted by atomic mass is 35.5. The number of fused-ring (bicyclic) bond motifs is 1. The Morgan fingerprint density at radius 2 is 1.67 bits per heavy atom. The molecule has 0 aliphatic carbocycles. The first-order valence-electron chi connectivity index (χ1n) is 15.3. The number of hydrogen-bond acceptors (Lipinski definition) is 5. The second-order valence-electron chi connectivity index (χ2n) is 11.8. The van der Waals surface area contributed by atoms with Crippen molar-refractivity contribution in [2.45, 2.75) is 57.3 Å². The lowest BCUT2D eigenvalue weighted by molar-refractivity contribution is -0.148. The number of benzene rings is 4. The zero-order valence-corrected chi connectivity index (χ0v) is 26.6. The van der Waals surface area contributed by atoms with Crippen LogP contribution in [0, 0.1) is 0 Å². The molecule has 5 N–H and O–H groups in total. The van der Waals surface area contributed by atoms with Gasteiger partial charge in [-0.2, -0.15) is 0 Å². The van der Waals surface area contributed by atoms with Gasteiger partial charge in [0.05, 0.1) is 12.5 Å². The summed E-state index contributed by atoms with van der Waals surface area (Å²) in [6.07, 6.45) is 0.695. The third kappa shape index (κ3) is 7.22. The number of rotatable bonds is 9. The summed E-state index contributed by atoms with van der Waals surface area (Å²) in [7, 11) is 0. The average molecular weight is 640 g/mol. The van der Waals surface area contributed by atoms with Crippen LogP contribution in [0.1, 0.15) is 43.0 Å². The zero-order chi connectivity index (χ0) is 33.0. The molecule has 238 valence electrons. The number of carbonyl (C=O) groups is 4. The Kier molecular flexibility index (Phi) is 10.0. The Bertz CT molecular complexity index is 1750. The van der Waals surface area contributed by atoms with Gasteiger partial charge in [0, 0.05) is 29.7 Å². The number of nitrogens with one attached hydrogen (secondary N) is 1. The third-order valence-electron chi connectivity index (χ3n) is 8.50. The number of amides is 4. The van der Waals surface area contributed by atoms with E-state index in [1.165, 1.54) is 4.90 Å². The molecule has 0 bridgehead atoms. The molecule has 0 aromatic heterocycles. The molecule has 1 heterocycles. The second-order valence-corrected chi connectivity index (χ2v) is 12.3. The second kappa shape index (κ2) is 14.1. The van der Waals surface area contributed by atoms with Crippen molar-refractivity contribution >= 4 is 51.7 Å². The Morgan fingerprint density at radius 1 is 0.978 bits per heavy atom. The number of hydrogen-bond donors (Lipinski definition) is 3. The number of anilines is 1. The highest BCUT2D eigenvalue weighted by Crippen LogP contribution is 2.33. The molecule has 1 unspecified atom stereocenters. The van der Waals surface area contributed by atoms with E-state index in [-0.39, 0.29) is 37.2 Å². The molecule has 0 spiro atoms. The van der Waals surface area contributed by atoms with E-state index in [2.05, 4.69) is 5.32 Å². The molecular weight excluding hydrogens is 602 g/mol. The minimum atomic E-state index is -1.03. The Balaban J connectivity index is 1.47. The predicted molar refractivity (Wildman–Crippen MR) is 180 cm³/mol. The van der Waals surface area contributed by atoms with Crippen LogP contribution in [-0.2, 0) is 32.0 Å². The van der Waals surface area contributed by atoms with Crippen LogP contribution < -0.4 is 16.8 Å². The molecule has 4 aromatic rings. The van der Waals surface area contributed by atoms with Gasteiger partial charge < -0.3 is 26.6 Å². The van der Waals surface area contributed by atoms with Crippen molar-refractivity contribution in [2.75, 3.05) is 11.9 Å². The maximum atomic E-state index is 14.6. The van der Waals surface area contributed by atoms with Gasteiger partial charge >= 0.3 is 0 Å². The summed E-state index contributed by atoms with van der Waals surface area (Å²) in [5, 5.41) is 5.17. The van der Waals surface area contributed by atoms with Gasteiger partial charge in [-0.25, -0.2) is 0 Å². The van der Waals surface area contributed by atoms with Crippen LogP contribution in [-0.4, -0.2) is 58.1 Å². The molecule has 0 saturated carbocycles. The van der Waals surface area contributed by atoms with E-state index in [1.807, 2.05) is 49.4 Å². The van der Waals surface area contributed by atoms with Crippen molar-refractivity contribution in [2.24, 2.45) is 11.5 Å². The number of nitrogens with zero attached hydrogens (tertiary/aromatic N) is 2. The molecule has 1 aliphatic heterocycles. The van der Waals surface area contributed by atoms with Gasteiger partial charge in [-0.15, -0.1) is 0 Å². The predicted octanol–water partition coefficient (Wildman–Crippen LogP) is 4.61. The fourth-order valence-corrected chi connectivity index (χ4v) is 6.25. The van der Waals surface area contributed by atoms with Crippen molar-refractivity contribution in [1.82, 2.24) is 9.80 Å². The normalized spacial score (nSPS) is 18.1. The molecule has 46 heavy (non-hydrogen) atoms. The average Bonchev–Trinajstić information content (AvgIpc) is 3.16. The van der Waals surface area contributed by atoms with E-state index in [4.69, 9.17) is 23.1 Å². The summed E-state index contributed by atoms with van der Waals surface area (Å²) in [6, 6.07) is 24.6. The van der Waals surface area contributed by atoms with Crippen LogP contribution >= 0.6 is 11.6 Å². The first kappa shape index (κ1) is 32.7. The smallest absolute Gasteiger partial charge is 0.250 e. The quantitative estimate of drug-likeness (QED) is 0.246. The molecule has 9 nitrogen and oxygen atoms in total. The topological polar surface area (TPSA) is 139 Å². The molecule has 4 aromatic carbocycles. The van der Waals surface area contributed by atoms with Gasteiger partial charge in [-0.3, -0.25) is 19.2 Å². The van der Waals surface area contributed by atoms with E-state index < -0.39 is 29.9 Å². The molecule has 5 rings (SSSR count). The van der Waals surface area contributed by atoms with Crippen LogP contribution in [0.3, 0.4) is 0 Å². The van der Waals surface area contributed by atoms with Crippen molar-refractivity contribution in [3.05, 3.63) is 113 Å². The van der Waals surface area contributed by atoms with Gasteiger partial charge in [0.15, 0.2) is 0 Å². The Morgan fingerprint density at radius 3 is 2.37 bits per heavy atom. The van der Waals surface area contributed by atoms with Crippen LogP contribution in [0.5, 0.6) is 0 Å². The first-order chi connectivity index (χ1) is 22.0. The minimum Gasteiger partial charge on any atom is -0.368 e. The van der Waals surface area contributed by atoms with Gasteiger partial charge in [0.1, 0.15) is 12.1 Å². The molecule has 0 radical (unpaired) electrons. The molecule has 4 amide bonds. The number of primary amides is 1. The van der Waals surface area contributed by atoms with E-state index in [9.17, 15) is 19.2 Å². The lowest BCUT2D eigenvalue weighted by Crippen LogP contribution is -2.52. The third-order valence-corrected chi connectivity index (χ3v) is 8.73. The summed E-state index contributed by atoms with van der Waals surface area (Å²) in [5.74, 6) is -1.58. The zero-order valence-electron chi connectivity index (χ0n) is 25.9. The van der Waals surface area contributed by atoms with Crippen molar-refractivity contribution in [3.8, 4) is 0 Å². The SMILES string of the molecule is CC(N)C(=O)Nc1ccc(CC(=O)N2[C@H](C)CCN([C@H](Cc3cccc4ccccc34)C(N)=O)C(=O)[C@@H]2c2cccc(Cl)c2)cc1. The van der Waals surface area contributed by atoms with Crippen LogP contribution in [0.4, 0.5) is 5.69 Å².